The highest BCUT2D eigenvalue weighted by Gasteiger charge is 2.17. The van der Waals surface area contributed by atoms with E-state index in [0.29, 0.717) is 5.84 Å². The molecule has 0 saturated carbocycles. The highest BCUT2D eigenvalue weighted by Crippen LogP contribution is 2.32. The van der Waals surface area contributed by atoms with Crippen molar-refractivity contribution in [1.29, 1.82) is 0 Å². The number of amidine groups is 1. The number of nitrogens with zero attached hydrogens (tertiary/aromatic N) is 1. The molecule has 0 radical (unpaired) electrons. The molecule has 2 aromatic rings. The fourth-order valence-corrected chi connectivity index (χ4v) is 2.40. The number of aliphatic imine (C=N–C) groups is 1. The monoisotopic (exact) mass is 295 g/mol. The lowest BCUT2D eigenvalue weighted by molar-refractivity contribution is 0.281. The van der Waals surface area contributed by atoms with Crippen molar-refractivity contribution in [2.75, 3.05) is 0 Å². The lowest BCUT2D eigenvalue weighted by atomic mass is 10.1. The van der Waals surface area contributed by atoms with Crippen LogP contribution in [0, 0.1) is 6.92 Å². The molecule has 0 amide bonds. The van der Waals surface area contributed by atoms with E-state index in [9.17, 15) is 0 Å². The number of hydrogen-bond acceptors (Lipinski definition) is 4. The van der Waals surface area contributed by atoms with Crippen LogP contribution in [0.2, 0.25) is 0 Å². The number of nitrogens with two attached hydrogens (primary N) is 1. The molecule has 2 aromatic carbocycles. The van der Waals surface area contributed by atoms with E-state index in [0.717, 1.165) is 24.5 Å². The number of ether oxygens (including phenoxy) is 1. The number of rotatable bonds is 4. The van der Waals surface area contributed by atoms with Gasteiger partial charge in [-0.1, -0.05) is 35.9 Å². The van der Waals surface area contributed by atoms with Crippen LogP contribution >= 0.6 is 0 Å². The Labute approximate surface area is 131 Å². The van der Waals surface area contributed by atoms with Crippen LogP contribution in [-0.2, 0) is 13.1 Å². The van der Waals surface area contributed by atoms with Crippen LogP contribution < -0.4 is 15.8 Å². The van der Waals surface area contributed by atoms with Gasteiger partial charge in [0.05, 0.1) is 0 Å². The van der Waals surface area contributed by atoms with Gasteiger partial charge in [-0.15, -0.1) is 0 Å². The van der Waals surface area contributed by atoms with Gasteiger partial charge in [0.15, 0.2) is 6.10 Å². The van der Waals surface area contributed by atoms with E-state index < -0.39 is 0 Å². The molecule has 1 aliphatic rings. The normalized spacial score (nSPS) is 16.6. The predicted molar refractivity (Wildman–Crippen MR) is 89.5 cm³/mol. The minimum absolute atomic E-state index is 0.155. The van der Waals surface area contributed by atoms with Crippen molar-refractivity contribution in [3.05, 3.63) is 59.2 Å². The van der Waals surface area contributed by atoms with Gasteiger partial charge < -0.3 is 15.8 Å². The summed E-state index contributed by atoms with van der Waals surface area (Å²) in [6.45, 7) is 5.63. The van der Waals surface area contributed by atoms with E-state index in [4.69, 9.17) is 10.5 Å². The predicted octanol–water partition coefficient (Wildman–Crippen LogP) is 3.05. The van der Waals surface area contributed by atoms with Gasteiger partial charge in [-0.3, -0.25) is 0 Å². The number of aryl methyl sites for hydroxylation is 1. The van der Waals surface area contributed by atoms with E-state index >= 15 is 0 Å². The largest absolute Gasteiger partial charge is 0.481 e. The van der Waals surface area contributed by atoms with Gasteiger partial charge in [0.2, 0.25) is 0 Å². The Morgan fingerprint density at radius 1 is 1.09 bits per heavy atom. The molecule has 1 heterocycles. The highest BCUT2D eigenvalue weighted by molar-refractivity contribution is 5.89. The molecule has 3 N–H and O–H groups in total. The van der Waals surface area contributed by atoms with E-state index in [1.165, 1.54) is 16.7 Å². The van der Waals surface area contributed by atoms with Crippen molar-refractivity contribution in [3.8, 4) is 5.75 Å². The molecule has 3 rings (SSSR count). The van der Waals surface area contributed by atoms with Gasteiger partial charge >= 0.3 is 0 Å². The third kappa shape index (κ3) is 3.28. The fourth-order valence-electron chi connectivity index (χ4n) is 2.40. The summed E-state index contributed by atoms with van der Waals surface area (Å²) in [5.74, 6) is 1.32. The molecule has 1 atom stereocenters. The number of hydrogen-bond donors (Lipinski definition) is 2. The Kier molecular flexibility index (Phi) is 4.11. The van der Waals surface area contributed by atoms with Gasteiger partial charge in [0, 0.05) is 13.1 Å². The van der Waals surface area contributed by atoms with Crippen LogP contribution in [0.4, 0.5) is 5.69 Å². The van der Waals surface area contributed by atoms with Crippen LogP contribution in [0.25, 0.3) is 0 Å². The van der Waals surface area contributed by atoms with Crippen LogP contribution in [0.15, 0.2) is 47.5 Å². The summed E-state index contributed by atoms with van der Waals surface area (Å²) >= 11 is 0. The molecular formula is C18H21N3O. The Bertz CT molecular complexity index is 692. The SMILES string of the molecule is Cc1ccc(CNCc2ccc3c(c2)N=C(N)C(C)O3)cc1. The Hall–Kier alpha value is -2.33. The second-order valence-electron chi connectivity index (χ2n) is 5.69. The molecule has 114 valence electrons. The first-order valence-electron chi connectivity index (χ1n) is 7.52. The Balaban J connectivity index is 1.63. The summed E-state index contributed by atoms with van der Waals surface area (Å²) in [4.78, 5) is 4.41. The van der Waals surface area contributed by atoms with Crippen molar-refractivity contribution >= 4 is 11.5 Å². The van der Waals surface area contributed by atoms with Crippen molar-refractivity contribution < 1.29 is 4.74 Å². The minimum Gasteiger partial charge on any atom is -0.481 e. The molecule has 1 aliphatic heterocycles. The van der Waals surface area contributed by atoms with Gasteiger partial charge in [0.1, 0.15) is 17.3 Å². The van der Waals surface area contributed by atoms with Crippen LogP contribution in [0.3, 0.4) is 0 Å². The summed E-state index contributed by atoms with van der Waals surface area (Å²) in [7, 11) is 0. The lowest BCUT2D eigenvalue weighted by Gasteiger charge is -2.21. The summed E-state index contributed by atoms with van der Waals surface area (Å²) in [5, 5.41) is 3.44. The average Bonchev–Trinajstić information content (AvgIpc) is 2.51. The quantitative estimate of drug-likeness (QED) is 0.911. The maximum Gasteiger partial charge on any atom is 0.153 e. The number of fused-ring (bicyclic) bond motifs is 1. The zero-order valence-electron chi connectivity index (χ0n) is 13.0. The number of benzene rings is 2. The third-order valence-corrected chi connectivity index (χ3v) is 3.77. The maximum absolute atomic E-state index is 5.84. The minimum atomic E-state index is -0.155. The van der Waals surface area contributed by atoms with Crippen molar-refractivity contribution in [3.63, 3.8) is 0 Å². The summed E-state index contributed by atoms with van der Waals surface area (Å²) in [5.41, 5.74) is 10.4. The summed E-state index contributed by atoms with van der Waals surface area (Å²) in [6.07, 6.45) is -0.155. The highest BCUT2D eigenvalue weighted by atomic mass is 16.5. The van der Waals surface area contributed by atoms with Crippen LogP contribution in [0.1, 0.15) is 23.6 Å². The second kappa shape index (κ2) is 6.20. The van der Waals surface area contributed by atoms with E-state index in [1.54, 1.807) is 0 Å². The third-order valence-electron chi connectivity index (χ3n) is 3.77. The van der Waals surface area contributed by atoms with Gasteiger partial charge in [-0.05, 0) is 37.1 Å². The standard InChI is InChI=1S/C18H21N3O/c1-12-3-5-14(6-4-12)10-20-11-15-7-8-17-16(9-15)21-18(19)13(2)22-17/h3-9,13,20H,10-11H2,1-2H3,(H2,19,21). The molecule has 0 aliphatic carbocycles. The van der Waals surface area contributed by atoms with Gasteiger partial charge in [-0.2, -0.15) is 0 Å². The maximum atomic E-state index is 5.84. The van der Waals surface area contributed by atoms with Crippen LogP contribution in [0.5, 0.6) is 5.75 Å². The molecule has 0 saturated heterocycles. The van der Waals surface area contributed by atoms with Gasteiger partial charge in [-0.25, -0.2) is 4.99 Å². The molecule has 0 aromatic heterocycles. The zero-order chi connectivity index (χ0) is 15.5. The first-order chi connectivity index (χ1) is 10.6. The lowest BCUT2D eigenvalue weighted by Crippen LogP contribution is -2.33. The molecule has 22 heavy (non-hydrogen) atoms. The summed E-state index contributed by atoms with van der Waals surface area (Å²) in [6, 6.07) is 14.6. The fraction of sp³-hybridized carbons (Fsp3) is 0.278. The molecule has 1 unspecified atom stereocenters. The van der Waals surface area contributed by atoms with Crippen molar-refractivity contribution in [2.24, 2.45) is 10.7 Å². The van der Waals surface area contributed by atoms with Crippen LogP contribution in [-0.4, -0.2) is 11.9 Å². The van der Waals surface area contributed by atoms with Gasteiger partial charge in [0.25, 0.3) is 0 Å². The van der Waals surface area contributed by atoms with E-state index in [1.807, 2.05) is 19.1 Å². The average molecular weight is 295 g/mol. The molecule has 4 nitrogen and oxygen atoms in total. The van der Waals surface area contributed by atoms with E-state index in [2.05, 4.69) is 47.6 Å². The first kappa shape index (κ1) is 14.6. The number of nitrogens with one attached hydrogen (secondary N) is 1. The second-order valence-corrected chi connectivity index (χ2v) is 5.69. The zero-order valence-corrected chi connectivity index (χ0v) is 13.0. The Morgan fingerprint density at radius 3 is 2.55 bits per heavy atom. The molecule has 4 heteroatoms. The summed E-state index contributed by atoms with van der Waals surface area (Å²) < 4.78 is 5.71. The Morgan fingerprint density at radius 2 is 1.77 bits per heavy atom. The van der Waals surface area contributed by atoms with E-state index in [-0.39, 0.29) is 6.10 Å². The molecular weight excluding hydrogens is 274 g/mol. The molecule has 0 spiro atoms. The van der Waals surface area contributed by atoms with Crippen molar-refractivity contribution in [2.45, 2.75) is 33.0 Å². The van der Waals surface area contributed by atoms with Crippen molar-refractivity contribution in [1.82, 2.24) is 5.32 Å². The topological polar surface area (TPSA) is 59.6 Å². The smallest absolute Gasteiger partial charge is 0.153 e. The first-order valence-corrected chi connectivity index (χ1v) is 7.52. The molecule has 0 bridgehead atoms. The molecule has 0 fully saturated rings.